The SMILES string of the molecule is Cc1ccc(S(=O)(=O)N(C)C(C)C)cc1NC(=O)C1CCNCC1. The Hall–Kier alpha value is -1.44. The standard InChI is InChI=1S/C17H27N3O3S/c1-12(2)20(4)24(22,23)15-6-5-13(3)16(11-15)19-17(21)14-7-9-18-10-8-14/h5-6,11-12,14,18H,7-10H2,1-4H3,(H,19,21). The largest absolute Gasteiger partial charge is 0.326 e. The highest BCUT2D eigenvalue weighted by Gasteiger charge is 2.25. The molecule has 6 nitrogen and oxygen atoms in total. The van der Waals surface area contributed by atoms with Crippen molar-refractivity contribution >= 4 is 21.6 Å². The Labute approximate surface area is 144 Å². The van der Waals surface area contributed by atoms with Gasteiger partial charge in [0.1, 0.15) is 0 Å². The molecule has 1 aliphatic heterocycles. The maximum Gasteiger partial charge on any atom is 0.243 e. The van der Waals surface area contributed by atoms with Gasteiger partial charge in [-0.3, -0.25) is 4.79 Å². The van der Waals surface area contributed by atoms with Gasteiger partial charge in [-0.15, -0.1) is 0 Å². The molecule has 0 saturated carbocycles. The van der Waals surface area contributed by atoms with Crippen molar-refractivity contribution in [2.45, 2.75) is 44.6 Å². The van der Waals surface area contributed by atoms with E-state index >= 15 is 0 Å². The number of amides is 1. The van der Waals surface area contributed by atoms with Crippen LogP contribution < -0.4 is 10.6 Å². The topological polar surface area (TPSA) is 78.5 Å². The third-order valence-electron chi connectivity index (χ3n) is 4.58. The quantitative estimate of drug-likeness (QED) is 0.848. The highest BCUT2D eigenvalue weighted by Crippen LogP contribution is 2.24. The van der Waals surface area contributed by atoms with Crippen molar-refractivity contribution in [3.8, 4) is 0 Å². The highest BCUT2D eigenvalue weighted by atomic mass is 32.2. The van der Waals surface area contributed by atoms with E-state index in [1.54, 1.807) is 25.2 Å². The maximum absolute atomic E-state index is 12.6. The fourth-order valence-electron chi connectivity index (χ4n) is 2.66. The summed E-state index contributed by atoms with van der Waals surface area (Å²) in [6.45, 7) is 7.19. The second-order valence-electron chi connectivity index (χ2n) is 6.61. The van der Waals surface area contributed by atoms with E-state index in [1.807, 2.05) is 20.8 Å². The summed E-state index contributed by atoms with van der Waals surface area (Å²) in [5.74, 6) is -0.0596. The highest BCUT2D eigenvalue weighted by molar-refractivity contribution is 7.89. The molecule has 134 valence electrons. The number of carbonyl (C=O) groups is 1. The summed E-state index contributed by atoms with van der Waals surface area (Å²) in [5.41, 5.74) is 1.42. The maximum atomic E-state index is 12.6. The molecule has 0 unspecified atom stereocenters. The Morgan fingerprint density at radius 3 is 2.50 bits per heavy atom. The number of rotatable bonds is 5. The molecule has 2 rings (SSSR count). The minimum atomic E-state index is -3.57. The summed E-state index contributed by atoms with van der Waals surface area (Å²) in [4.78, 5) is 12.6. The smallest absolute Gasteiger partial charge is 0.243 e. The fourth-order valence-corrected chi connectivity index (χ4v) is 4.05. The lowest BCUT2D eigenvalue weighted by atomic mass is 9.97. The van der Waals surface area contributed by atoms with Gasteiger partial charge in [-0.2, -0.15) is 4.31 Å². The van der Waals surface area contributed by atoms with Gasteiger partial charge in [0.25, 0.3) is 0 Å². The van der Waals surface area contributed by atoms with Crippen LogP contribution in [0.15, 0.2) is 23.1 Å². The van der Waals surface area contributed by atoms with E-state index in [2.05, 4.69) is 10.6 Å². The fraction of sp³-hybridized carbons (Fsp3) is 0.588. The molecule has 1 aromatic carbocycles. The number of sulfonamides is 1. The van der Waals surface area contributed by atoms with E-state index in [-0.39, 0.29) is 22.8 Å². The van der Waals surface area contributed by atoms with E-state index in [4.69, 9.17) is 0 Å². The first-order valence-corrected chi connectivity index (χ1v) is 9.77. The number of hydrogen-bond donors (Lipinski definition) is 2. The molecular weight excluding hydrogens is 326 g/mol. The zero-order chi connectivity index (χ0) is 17.9. The molecule has 0 aromatic heterocycles. The zero-order valence-corrected chi connectivity index (χ0v) is 15.6. The number of benzene rings is 1. The van der Waals surface area contributed by atoms with Gasteiger partial charge in [-0.25, -0.2) is 8.42 Å². The number of carbonyl (C=O) groups excluding carboxylic acids is 1. The van der Waals surface area contributed by atoms with Gasteiger partial charge >= 0.3 is 0 Å². The second kappa shape index (κ2) is 7.63. The third-order valence-corrected chi connectivity index (χ3v) is 6.61. The average molecular weight is 353 g/mol. The van der Waals surface area contributed by atoms with Crippen LogP contribution in [0, 0.1) is 12.8 Å². The van der Waals surface area contributed by atoms with E-state index < -0.39 is 10.0 Å². The van der Waals surface area contributed by atoms with Gasteiger partial charge in [-0.05, 0) is 64.4 Å². The van der Waals surface area contributed by atoms with Crippen molar-refractivity contribution < 1.29 is 13.2 Å². The van der Waals surface area contributed by atoms with Crippen LogP contribution in [0.1, 0.15) is 32.3 Å². The van der Waals surface area contributed by atoms with Gasteiger partial charge in [0.15, 0.2) is 0 Å². The Morgan fingerprint density at radius 2 is 1.92 bits per heavy atom. The third kappa shape index (κ3) is 4.15. The Kier molecular flexibility index (Phi) is 6.01. The van der Waals surface area contributed by atoms with Crippen LogP contribution in [0.5, 0.6) is 0 Å². The molecule has 1 amide bonds. The first kappa shape index (κ1) is 18.9. The van der Waals surface area contributed by atoms with Crippen molar-refractivity contribution in [3.63, 3.8) is 0 Å². The summed E-state index contributed by atoms with van der Waals surface area (Å²) in [5, 5.41) is 6.14. The summed E-state index contributed by atoms with van der Waals surface area (Å²) in [6, 6.07) is 4.75. The van der Waals surface area contributed by atoms with Crippen molar-refractivity contribution in [2.24, 2.45) is 5.92 Å². The van der Waals surface area contributed by atoms with Crippen LogP contribution >= 0.6 is 0 Å². The minimum Gasteiger partial charge on any atom is -0.326 e. The van der Waals surface area contributed by atoms with E-state index in [1.165, 1.54) is 4.31 Å². The molecule has 1 aromatic rings. The second-order valence-corrected chi connectivity index (χ2v) is 8.60. The first-order chi connectivity index (χ1) is 11.2. The molecule has 1 aliphatic rings. The van der Waals surface area contributed by atoms with E-state index in [9.17, 15) is 13.2 Å². The van der Waals surface area contributed by atoms with Gasteiger partial charge in [0, 0.05) is 24.7 Å². The van der Waals surface area contributed by atoms with Crippen LogP contribution in [-0.4, -0.2) is 44.8 Å². The Balaban J connectivity index is 2.24. The van der Waals surface area contributed by atoms with E-state index in [0.717, 1.165) is 31.5 Å². The van der Waals surface area contributed by atoms with Gasteiger partial charge in [0.2, 0.25) is 15.9 Å². The first-order valence-electron chi connectivity index (χ1n) is 8.33. The predicted octanol–water partition coefficient (Wildman–Crippen LogP) is 1.96. The summed E-state index contributed by atoms with van der Waals surface area (Å²) < 4.78 is 26.6. The molecule has 1 heterocycles. The normalized spacial score (nSPS) is 16.6. The monoisotopic (exact) mass is 353 g/mol. The molecule has 1 fully saturated rings. The van der Waals surface area contributed by atoms with Crippen LogP contribution in [0.4, 0.5) is 5.69 Å². The molecule has 0 radical (unpaired) electrons. The molecule has 0 atom stereocenters. The number of nitrogens with zero attached hydrogens (tertiary/aromatic N) is 1. The van der Waals surface area contributed by atoms with Gasteiger partial charge < -0.3 is 10.6 Å². The number of piperidine rings is 1. The molecule has 2 N–H and O–H groups in total. The summed E-state index contributed by atoms with van der Waals surface area (Å²) in [7, 11) is -2.00. The number of hydrogen-bond acceptors (Lipinski definition) is 4. The lowest BCUT2D eigenvalue weighted by molar-refractivity contribution is -0.120. The van der Waals surface area contributed by atoms with Crippen LogP contribution in [-0.2, 0) is 14.8 Å². The number of aryl methyl sites for hydroxylation is 1. The molecule has 0 bridgehead atoms. The number of nitrogens with one attached hydrogen (secondary N) is 2. The van der Waals surface area contributed by atoms with Crippen LogP contribution in [0.25, 0.3) is 0 Å². The van der Waals surface area contributed by atoms with Crippen molar-refractivity contribution in [3.05, 3.63) is 23.8 Å². The lowest BCUT2D eigenvalue weighted by Crippen LogP contribution is -2.35. The molecule has 7 heteroatoms. The molecule has 0 aliphatic carbocycles. The molecule has 24 heavy (non-hydrogen) atoms. The summed E-state index contributed by atoms with van der Waals surface area (Å²) in [6.07, 6.45) is 1.61. The molecular formula is C17H27N3O3S. The average Bonchev–Trinajstić information content (AvgIpc) is 2.56. The Morgan fingerprint density at radius 1 is 1.29 bits per heavy atom. The van der Waals surface area contributed by atoms with Crippen LogP contribution in [0.2, 0.25) is 0 Å². The van der Waals surface area contributed by atoms with Crippen molar-refractivity contribution in [2.75, 3.05) is 25.5 Å². The summed E-state index contributed by atoms with van der Waals surface area (Å²) >= 11 is 0. The van der Waals surface area contributed by atoms with Gasteiger partial charge in [-0.1, -0.05) is 6.07 Å². The van der Waals surface area contributed by atoms with Gasteiger partial charge in [0.05, 0.1) is 4.90 Å². The van der Waals surface area contributed by atoms with Crippen molar-refractivity contribution in [1.82, 2.24) is 9.62 Å². The molecule has 0 spiro atoms. The lowest BCUT2D eigenvalue weighted by Gasteiger charge is -2.23. The Bertz CT molecular complexity index is 695. The van der Waals surface area contributed by atoms with E-state index in [0.29, 0.717) is 5.69 Å². The van der Waals surface area contributed by atoms with Crippen molar-refractivity contribution in [1.29, 1.82) is 0 Å². The zero-order valence-electron chi connectivity index (χ0n) is 14.8. The minimum absolute atomic E-state index is 0.0238. The predicted molar refractivity (Wildman–Crippen MR) is 95.5 cm³/mol. The number of anilines is 1. The van der Waals surface area contributed by atoms with Crippen LogP contribution in [0.3, 0.4) is 0 Å². The molecule has 1 saturated heterocycles.